The van der Waals surface area contributed by atoms with Crippen molar-refractivity contribution < 1.29 is 0 Å². The maximum Gasteiger partial charge on any atom is 0.00509 e. The van der Waals surface area contributed by atoms with Crippen molar-refractivity contribution in [2.24, 2.45) is 0 Å². The summed E-state index contributed by atoms with van der Waals surface area (Å²) in [6.45, 7) is 45.6. The van der Waals surface area contributed by atoms with Gasteiger partial charge in [0.05, 0.1) is 0 Å². The van der Waals surface area contributed by atoms with Gasteiger partial charge >= 0.3 is 0 Å². The van der Waals surface area contributed by atoms with E-state index in [1.54, 1.807) is 11.1 Å². The van der Waals surface area contributed by atoms with Crippen molar-refractivity contribution in [3.05, 3.63) is 222 Å². The number of rotatable bonds is 14. The largest absolute Gasteiger partial charge is 0.0654 e. The quantitative estimate of drug-likeness (QED) is 0.0752. The summed E-state index contributed by atoms with van der Waals surface area (Å²) in [7, 11) is 0. The molecule has 0 N–H and O–H groups in total. The van der Waals surface area contributed by atoms with Gasteiger partial charge in [0.25, 0.3) is 0 Å². The minimum absolute atomic E-state index is 0.141. The number of benzene rings is 9. The van der Waals surface area contributed by atoms with Crippen LogP contribution in [-0.2, 0) is 28.1 Å². The van der Waals surface area contributed by atoms with Crippen LogP contribution >= 0.6 is 0 Å². The molecule has 0 amide bonds. The van der Waals surface area contributed by atoms with Gasteiger partial charge in [-0.1, -0.05) is 313 Å². The van der Waals surface area contributed by atoms with E-state index in [-0.39, 0.29) is 21.7 Å². The molecule has 87 heavy (non-hydrogen) atoms. The molecule has 0 saturated heterocycles. The van der Waals surface area contributed by atoms with Gasteiger partial charge in [0, 0.05) is 5.41 Å². The van der Waals surface area contributed by atoms with E-state index >= 15 is 0 Å². The van der Waals surface area contributed by atoms with Crippen molar-refractivity contribution in [3.8, 4) is 22.3 Å². The molecule has 2 aliphatic rings. The van der Waals surface area contributed by atoms with E-state index in [4.69, 9.17) is 0 Å². The number of fused-ring (bicyclic) bond motifs is 9. The highest BCUT2D eigenvalue weighted by Gasteiger charge is 2.51. The van der Waals surface area contributed by atoms with Crippen LogP contribution in [-0.4, -0.2) is 0 Å². The summed E-state index contributed by atoms with van der Waals surface area (Å²) in [5, 5.41) is 8.37. The van der Waals surface area contributed by atoms with E-state index in [2.05, 4.69) is 272 Å². The molecule has 9 aromatic rings. The van der Waals surface area contributed by atoms with E-state index in [0.29, 0.717) is 0 Å². The zero-order valence-corrected chi connectivity index (χ0v) is 58.3. The maximum absolute atomic E-state index is 2.57. The predicted molar refractivity (Wildman–Crippen MR) is 387 cm³/mol. The first-order chi connectivity index (χ1) is 41.2. The van der Waals surface area contributed by atoms with Gasteiger partial charge in [-0.2, -0.15) is 0 Å². The SMILES string of the molecule is CCCCCCCCC1(CCCCCCCC)c2cc(C)ccc2-c2ccc(C)cc2C1(C)C.Cc1c2ccc(C(C)(C)C)cc2c(C)c2ccc(C(C)(C)C)cc12.Cc1cc(C)c2cc(C)cc(C)c2c1.Cc1ccc2c(c1)-c1cc(C)ccc1C2. The average molecular weight is 1160 g/mol. The summed E-state index contributed by atoms with van der Waals surface area (Å²) >= 11 is 0. The fourth-order valence-corrected chi connectivity index (χ4v) is 14.9. The molecule has 460 valence electrons. The van der Waals surface area contributed by atoms with E-state index in [0.717, 1.165) is 6.42 Å². The molecule has 0 heteroatoms. The van der Waals surface area contributed by atoms with E-state index < -0.39 is 0 Å². The molecule has 0 atom stereocenters. The molecule has 0 aliphatic heterocycles. The number of hydrogen-bond donors (Lipinski definition) is 0. The third kappa shape index (κ3) is 15.1. The van der Waals surface area contributed by atoms with Gasteiger partial charge in [-0.05, 0) is 215 Å². The average Bonchev–Trinajstić information content (AvgIpc) is 1.20. The standard InChI is InChI=1S/C34H52.C24H30.C15H14.C14H16/c1-7-9-11-13-15-17-23-34(24-18-16-14-12-10-8-2)32-26-28(4)20-22-30(32)29-21-19-27(3)25-31(29)33(34,5)6;1-15-19-11-9-18(24(6,7)8)14-22(19)16(2)20-12-10-17(13-21(15)20)23(3,4)5;1-10-3-5-12-9-13-6-4-11(2)8-15(13)14(12)7-10;1-9-5-11(3)14-8-10(2)6-12(4)13(14)7-9/h19-22,25-26H,7-18,23-24H2,1-6H3;9-14H,1-8H3;3-8H,9H2,1-2H3;5-8H,1-4H3. The van der Waals surface area contributed by atoms with Crippen LogP contribution in [0.1, 0.15) is 248 Å². The van der Waals surface area contributed by atoms with Gasteiger partial charge in [-0.15, -0.1) is 0 Å². The fraction of sp³-hybridized carbons (Fsp3) is 0.448. The van der Waals surface area contributed by atoms with Crippen molar-refractivity contribution in [1.82, 2.24) is 0 Å². The van der Waals surface area contributed by atoms with Crippen molar-refractivity contribution in [3.63, 3.8) is 0 Å². The summed E-state index contributed by atoms with van der Waals surface area (Å²) in [6, 6.07) is 51.2. The second-order valence-electron chi connectivity index (χ2n) is 29.9. The zero-order chi connectivity index (χ0) is 63.2. The van der Waals surface area contributed by atoms with Crippen molar-refractivity contribution in [2.45, 2.75) is 256 Å². The van der Waals surface area contributed by atoms with Gasteiger partial charge < -0.3 is 0 Å². The molecular formula is C87H112. The van der Waals surface area contributed by atoms with Gasteiger partial charge in [0.2, 0.25) is 0 Å². The van der Waals surface area contributed by atoms with Crippen LogP contribution in [0.3, 0.4) is 0 Å². The van der Waals surface area contributed by atoms with Crippen molar-refractivity contribution in [2.75, 3.05) is 0 Å². The smallest absolute Gasteiger partial charge is 0.00509 e. The third-order valence-electron chi connectivity index (χ3n) is 20.3. The van der Waals surface area contributed by atoms with Gasteiger partial charge in [-0.3, -0.25) is 0 Å². The van der Waals surface area contributed by atoms with Crippen LogP contribution in [0.25, 0.3) is 54.6 Å². The first-order valence-electron chi connectivity index (χ1n) is 34.1. The van der Waals surface area contributed by atoms with Crippen LogP contribution in [0.5, 0.6) is 0 Å². The monoisotopic (exact) mass is 1160 g/mol. The van der Waals surface area contributed by atoms with Crippen molar-refractivity contribution >= 4 is 32.3 Å². The third-order valence-corrected chi connectivity index (χ3v) is 20.3. The minimum Gasteiger partial charge on any atom is -0.0654 e. The Morgan fingerprint density at radius 3 is 1.10 bits per heavy atom. The molecule has 11 rings (SSSR count). The lowest BCUT2D eigenvalue weighted by Crippen LogP contribution is -2.48. The Hall–Kier alpha value is -6.24. The molecule has 0 unspecified atom stereocenters. The Bertz CT molecular complexity index is 3660. The summed E-state index contributed by atoms with van der Waals surface area (Å²) in [5.74, 6) is 0. The fourth-order valence-electron chi connectivity index (χ4n) is 14.9. The molecule has 0 nitrogen and oxygen atoms in total. The second-order valence-corrected chi connectivity index (χ2v) is 29.9. The van der Waals surface area contributed by atoms with E-state index in [9.17, 15) is 0 Å². The highest BCUT2D eigenvalue weighted by molar-refractivity contribution is 6.06. The van der Waals surface area contributed by atoms with Gasteiger partial charge in [-0.25, -0.2) is 0 Å². The van der Waals surface area contributed by atoms with Gasteiger partial charge in [0.1, 0.15) is 0 Å². The van der Waals surface area contributed by atoms with Crippen LogP contribution in [0.4, 0.5) is 0 Å². The van der Waals surface area contributed by atoms with Crippen LogP contribution < -0.4 is 0 Å². The predicted octanol–water partition coefficient (Wildman–Crippen LogP) is 26.2. The first kappa shape index (κ1) is 66.7. The molecule has 0 aromatic heterocycles. The molecule has 0 bridgehead atoms. The van der Waals surface area contributed by atoms with E-state index in [1.165, 1.54) is 222 Å². The van der Waals surface area contributed by atoms with Crippen molar-refractivity contribution in [1.29, 1.82) is 0 Å². The maximum atomic E-state index is 2.57. The molecule has 9 aromatic carbocycles. The lowest BCUT2D eigenvalue weighted by Gasteiger charge is -2.53. The summed E-state index contributed by atoms with van der Waals surface area (Å²) in [6.07, 6.45) is 20.3. The molecule has 0 fully saturated rings. The molecule has 0 radical (unpaired) electrons. The number of hydrogen-bond acceptors (Lipinski definition) is 0. The van der Waals surface area contributed by atoms with E-state index in [1.807, 2.05) is 0 Å². The molecule has 0 spiro atoms. The molecule has 0 heterocycles. The molecule has 0 saturated carbocycles. The van der Waals surface area contributed by atoms with Crippen LogP contribution in [0.2, 0.25) is 0 Å². The Balaban J connectivity index is 0.000000160. The minimum atomic E-state index is 0.141. The molecular weight excluding hydrogens is 1040 g/mol. The summed E-state index contributed by atoms with van der Waals surface area (Å²) in [4.78, 5) is 0. The van der Waals surface area contributed by atoms with Gasteiger partial charge in [0.15, 0.2) is 0 Å². The highest BCUT2D eigenvalue weighted by atomic mass is 14.5. The zero-order valence-electron chi connectivity index (χ0n) is 58.3. The Kier molecular flexibility index (Phi) is 21.5. The summed E-state index contributed by atoms with van der Waals surface area (Å²) in [5.41, 5.74) is 29.4. The Labute approximate surface area is 530 Å². The number of unbranched alkanes of at least 4 members (excludes halogenated alkanes) is 10. The lowest BCUT2D eigenvalue weighted by atomic mass is 9.50. The Morgan fingerprint density at radius 2 is 0.690 bits per heavy atom. The molecule has 2 aliphatic carbocycles. The topological polar surface area (TPSA) is 0 Å². The lowest BCUT2D eigenvalue weighted by molar-refractivity contribution is 0.198. The normalized spacial score (nSPS) is 13.6. The first-order valence-corrected chi connectivity index (χ1v) is 34.1. The Morgan fingerprint density at radius 1 is 0.322 bits per heavy atom. The highest BCUT2D eigenvalue weighted by Crippen LogP contribution is 2.59. The van der Waals surface area contributed by atoms with Crippen LogP contribution in [0.15, 0.2) is 133 Å². The summed E-state index contributed by atoms with van der Waals surface area (Å²) < 4.78 is 0. The van der Waals surface area contributed by atoms with Crippen LogP contribution in [0, 0.1) is 69.2 Å². The number of aryl methyl sites for hydroxylation is 10. The second kappa shape index (κ2) is 28.1.